The maximum absolute atomic E-state index is 6.28. The van der Waals surface area contributed by atoms with Crippen molar-refractivity contribution >= 4 is 52.9 Å². The minimum absolute atomic E-state index is 0. The Morgan fingerprint density at radius 3 is 2.85 bits per heavy atom. The summed E-state index contributed by atoms with van der Waals surface area (Å²) in [5.41, 5.74) is 2.36. The van der Waals surface area contributed by atoms with E-state index in [1.54, 1.807) is 18.4 Å². The third kappa shape index (κ3) is 5.40. The van der Waals surface area contributed by atoms with Crippen molar-refractivity contribution in [2.75, 3.05) is 26.8 Å². The Morgan fingerprint density at radius 2 is 2.12 bits per heavy atom. The fourth-order valence-corrected chi connectivity index (χ4v) is 3.67. The summed E-state index contributed by atoms with van der Waals surface area (Å²) in [6.45, 7) is 4.69. The molecule has 1 atom stereocenters. The van der Waals surface area contributed by atoms with E-state index in [0.29, 0.717) is 42.2 Å². The topological polar surface area (TPSA) is 54.9 Å². The standard InChI is InChI=1S/C18H22ClN3O2S.HI/c1-12(14-3-6-25-11-14)9-21-18(20-2)22-10-13-7-15(19)17-16(8-13)23-4-5-24-17;/h3,6-8,11-12H,4-5,9-10H2,1-2H3,(H2,20,21,22);1H. The van der Waals surface area contributed by atoms with Crippen molar-refractivity contribution in [2.24, 2.45) is 4.99 Å². The highest BCUT2D eigenvalue weighted by Gasteiger charge is 2.16. The number of thiophene rings is 1. The second kappa shape index (κ2) is 10.2. The molecule has 0 aliphatic carbocycles. The van der Waals surface area contributed by atoms with Crippen molar-refractivity contribution < 1.29 is 9.47 Å². The fraction of sp³-hybridized carbons (Fsp3) is 0.389. The summed E-state index contributed by atoms with van der Waals surface area (Å²) in [4.78, 5) is 4.27. The van der Waals surface area contributed by atoms with Crippen molar-refractivity contribution in [2.45, 2.75) is 19.4 Å². The zero-order valence-corrected chi connectivity index (χ0v) is 18.7. The molecule has 2 N–H and O–H groups in total. The average Bonchev–Trinajstić information content (AvgIpc) is 3.16. The van der Waals surface area contributed by atoms with Crippen LogP contribution in [0.1, 0.15) is 24.0 Å². The quantitative estimate of drug-likeness (QED) is 0.361. The summed E-state index contributed by atoms with van der Waals surface area (Å²) < 4.78 is 11.2. The van der Waals surface area contributed by atoms with E-state index in [1.807, 2.05) is 12.1 Å². The van der Waals surface area contributed by atoms with Crippen molar-refractivity contribution in [3.63, 3.8) is 0 Å². The molecular formula is C18H23ClIN3O2S. The van der Waals surface area contributed by atoms with Gasteiger partial charge in [-0.25, -0.2) is 0 Å². The number of aliphatic imine (C=N–C) groups is 1. The summed E-state index contributed by atoms with van der Waals surface area (Å²) in [6.07, 6.45) is 0. The monoisotopic (exact) mass is 507 g/mol. The van der Waals surface area contributed by atoms with E-state index in [4.69, 9.17) is 21.1 Å². The molecule has 2 aromatic rings. The van der Waals surface area contributed by atoms with Gasteiger partial charge in [0.1, 0.15) is 13.2 Å². The van der Waals surface area contributed by atoms with Gasteiger partial charge in [-0.2, -0.15) is 11.3 Å². The highest BCUT2D eigenvalue weighted by molar-refractivity contribution is 14.0. The van der Waals surface area contributed by atoms with E-state index < -0.39 is 0 Å². The zero-order chi connectivity index (χ0) is 17.6. The first-order valence-electron chi connectivity index (χ1n) is 8.22. The summed E-state index contributed by atoms with van der Waals surface area (Å²) in [5.74, 6) is 2.51. The molecule has 8 heteroatoms. The number of fused-ring (bicyclic) bond motifs is 1. The maximum atomic E-state index is 6.28. The predicted octanol–water partition coefficient (Wildman–Crippen LogP) is 4.26. The second-order valence-electron chi connectivity index (χ2n) is 5.87. The third-order valence-corrected chi connectivity index (χ3v) is 5.01. The molecule has 3 rings (SSSR count). The lowest BCUT2D eigenvalue weighted by Crippen LogP contribution is -2.38. The molecule has 5 nitrogen and oxygen atoms in total. The van der Waals surface area contributed by atoms with Crippen LogP contribution in [-0.2, 0) is 6.54 Å². The molecule has 0 saturated carbocycles. The smallest absolute Gasteiger partial charge is 0.191 e. The van der Waals surface area contributed by atoms with Crippen molar-refractivity contribution in [3.8, 4) is 11.5 Å². The van der Waals surface area contributed by atoms with Crippen LogP contribution in [0.2, 0.25) is 5.02 Å². The van der Waals surface area contributed by atoms with Crippen LogP contribution >= 0.6 is 46.9 Å². The van der Waals surface area contributed by atoms with Crippen molar-refractivity contribution in [1.29, 1.82) is 0 Å². The van der Waals surface area contributed by atoms with E-state index in [2.05, 4.69) is 39.4 Å². The van der Waals surface area contributed by atoms with Gasteiger partial charge in [-0.15, -0.1) is 24.0 Å². The van der Waals surface area contributed by atoms with Crippen LogP contribution in [0.15, 0.2) is 34.0 Å². The molecule has 2 heterocycles. The van der Waals surface area contributed by atoms with Gasteiger partial charge in [0, 0.05) is 20.1 Å². The summed E-state index contributed by atoms with van der Waals surface area (Å²) >= 11 is 8.00. The van der Waals surface area contributed by atoms with E-state index in [-0.39, 0.29) is 24.0 Å². The van der Waals surface area contributed by atoms with Crippen molar-refractivity contribution in [1.82, 2.24) is 10.6 Å². The van der Waals surface area contributed by atoms with Crippen LogP contribution in [-0.4, -0.2) is 32.8 Å². The lowest BCUT2D eigenvalue weighted by atomic mass is 10.1. The number of nitrogens with one attached hydrogen (secondary N) is 2. The molecule has 0 radical (unpaired) electrons. The molecule has 1 aromatic heterocycles. The largest absolute Gasteiger partial charge is 0.486 e. The Hall–Kier alpha value is -1.19. The molecular weight excluding hydrogens is 485 g/mol. The Morgan fingerprint density at radius 1 is 1.31 bits per heavy atom. The van der Waals surface area contributed by atoms with Crippen LogP contribution < -0.4 is 20.1 Å². The Labute approximate surface area is 180 Å². The van der Waals surface area contributed by atoms with Crippen LogP contribution in [0.25, 0.3) is 0 Å². The summed E-state index contributed by atoms with van der Waals surface area (Å²) in [7, 11) is 1.77. The molecule has 0 bridgehead atoms. The van der Waals surface area contributed by atoms with E-state index in [1.165, 1.54) is 5.56 Å². The number of nitrogens with zero attached hydrogens (tertiary/aromatic N) is 1. The SMILES string of the molecule is CN=C(NCc1cc(Cl)c2c(c1)OCCO2)NCC(C)c1ccsc1.I. The highest BCUT2D eigenvalue weighted by atomic mass is 127. The van der Waals surface area contributed by atoms with E-state index in [9.17, 15) is 0 Å². The van der Waals surface area contributed by atoms with Gasteiger partial charge in [0.15, 0.2) is 17.5 Å². The predicted molar refractivity (Wildman–Crippen MR) is 119 cm³/mol. The molecule has 1 aliphatic heterocycles. The zero-order valence-electron chi connectivity index (χ0n) is 14.8. The molecule has 0 spiro atoms. The lowest BCUT2D eigenvalue weighted by Gasteiger charge is -2.21. The average molecular weight is 508 g/mol. The molecule has 142 valence electrons. The number of halogens is 2. The van der Waals surface area contributed by atoms with Gasteiger partial charge in [0.05, 0.1) is 5.02 Å². The van der Waals surface area contributed by atoms with Crippen LogP contribution in [0.5, 0.6) is 11.5 Å². The minimum atomic E-state index is 0. The molecule has 1 unspecified atom stereocenters. The molecule has 1 aliphatic rings. The van der Waals surface area contributed by atoms with Gasteiger partial charge in [-0.3, -0.25) is 4.99 Å². The van der Waals surface area contributed by atoms with E-state index >= 15 is 0 Å². The Bertz CT molecular complexity index is 740. The number of benzene rings is 1. The van der Waals surface area contributed by atoms with Crippen LogP contribution in [0.4, 0.5) is 0 Å². The van der Waals surface area contributed by atoms with Crippen LogP contribution in [0, 0.1) is 0 Å². The molecule has 0 saturated heterocycles. The van der Waals surface area contributed by atoms with Gasteiger partial charge >= 0.3 is 0 Å². The first kappa shape index (κ1) is 21.1. The van der Waals surface area contributed by atoms with Gasteiger partial charge < -0.3 is 20.1 Å². The maximum Gasteiger partial charge on any atom is 0.191 e. The van der Waals surface area contributed by atoms with Gasteiger partial charge in [-0.05, 0) is 46.0 Å². The van der Waals surface area contributed by atoms with E-state index in [0.717, 1.165) is 18.1 Å². The fourth-order valence-electron chi connectivity index (χ4n) is 2.60. The molecule has 1 aromatic carbocycles. The molecule has 0 amide bonds. The van der Waals surface area contributed by atoms with Gasteiger partial charge in [-0.1, -0.05) is 18.5 Å². The highest BCUT2D eigenvalue weighted by Crippen LogP contribution is 2.38. The number of rotatable bonds is 5. The first-order chi connectivity index (χ1) is 12.2. The normalized spacial score (nSPS) is 14.3. The summed E-state index contributed by atoms with van der Waals surface area (Å²) in [6, 6.07) is 6.00. The second-order valence-corrected chi connectivity index (χ2v) is 7.05. The minimum Gasteiger partial charge on any atom is -0.486 e. The Balaban J connectivity index is 0.00000243. The van der Waals surface area contributed by atoms with Crippen molar-refractivity contribution in [3.05, 3.63) is 45.1 Å². The van der Waals surface area contributed by atoms with Gasteiger partial charge in [0.2, 0.25) is 0 Å². The number of guanidine groups is 1. The molecule has 0 fully saturated rings. The summed E-state index contributed by atoms with van der Waals surface area (Å²) in [5, 5.41) is 11.5. The first-order valence-corrected chi connectivity index (χ1v) is 9.54. The third-order valence-electron chi connectivity index (χ3n) is 4.03. The lowest BCUT2D eigenvalue weighted by molar-refractivity contribution is 0.171. The van der Waals surface area contributed by atoms with Crippen LogP contribution in [0.3, 0.4) is 0 Å². The Kier molecular flexibility index (Phi) is 8.30. The van der Waals surface area contributed by atoms with Gasteiger partial charge in [0.25, 0.3) is 0 Å². The molecule has 26 heavy (non-hydrogen) atoms. The number of hydrogen-bond donors (Lipinski definition) is 2. The number of ether oxygens (including phenoxy) is 2. The number of hydrogen-bond acceptors (Lipinski definition) is 4.